The number of hydrogen-bond acceptors (Lipinski definition) is 4. The smallest absolute Gasteiger partial charge is 0.387 e. The Balaban J connectivity index is 1.34. The molecule has 2 aliphatic rings. The minimum Gasteiger partial charge on any atom is -0.434 e. The Morgan fingerprint density at radius 2 is 1.69 bits per heavy atom. The predicted octanol–water partition coefficient (Wildman–Crippen LogP) is 4.37. The highest BCUT2D eigenvalue weighted by Crippen LogP contribution is 2.30. The van der Waals surface area contributed by atoms with E-state index in [-0.39, 0.29) is 41.6 Å². The summed E-state index contributed by atoms with van der Waals surface area (Å²) in [6.07, 6.45) is 3.13. The summed E-state index contributed by atoms with van der Waals surface area (Å²) in [5.41, 5.74) is 1.67. The Bertz CT molecular complexity index is 1070. The number of nitrogens with zero attached hydrogens (tertiary/aromatic N) is 1. The monoisotopic (exact) mass is 485 g/mol. The van der Waals surface area contributed by atoms with Crippen LogP contribution in [0.3, 0.4) is 0 Å². The molecule has 1 heterocycles. The highest BCUT2D eigenvalue weighted by molar-refractivity contribution is 5.97. The van der Waals surface area contributed by atoms with Crippen molar-refractivity contribution in [2.45, 2.75) is 45.3 Å². The van der Waals surface area contributed by atoms with Gasteiger partial charge in [-0.1, -0.05) is 24.3 Å². The van der Waals surface area contributed by atoms with Gasteiger partial charge in [0, 0.05) is 24.7 Å². The molecule has 35 heavy (non-hydrogen) atoms. The summed E-state index contributed by atoms with van der Waals surface area (Å²) in [5, 5.41) is 5.89. The van der Waals surface area contributed by atoms with Gasteiger partial charge in [0.25, 0.3) is 5.91 Å². The Labute approximate surface area is 202 Å². The summed E-state index contributed by atoms with van der Waals surface area (Å²) in [5.74, 6) is -1.02. The van der Waals surface area contributed by atoms with Crippen molar-refractivity contribution < 1.29 is 27.9 Å². The van der Waals surface area contributed by atoms with Gasteiger partial charge >= 0.3 is 6.61 Å². The fourth-order valence-corrected chi connectivity index (χ4v) is 4.25. The first-order valence-electron chi connectivity index (χ1n) is 11.9. The third-order valence-corrected chi connectivity index (χ3v) is 6.40. The summed E-state index contributed by atoms with van der Waals surface area (Å²) in [6, 6.07) is 13.0. The number of rotatable bonds is 8. The van der Waals surface area contributed by atoms with Crippen LogP contribution in [0.1, 0.15) is 54.6 Å². The third kappa shape index (κ3) is 6.35. The normalized spacial score (nSPS) is 18.6. The SMILES string of the molecule is CC(NC(=O)C1CCCN(C(=O)c2ccccc2OC(F)F)C1)c1ccc(NC(=O)C2CC2)cc1. The zero-order valence-electron chi connectivity index (χ0n) is 19.5. The lowest BCUT2D eigenvalue weighted by Crippen LogP contribution is -2.46. The quantitative estimate of drug-likeness (QED) is 0.582. The third-order valence-electron chi connectivity index (χ3n) is 6.40. The molecule has 0 bridgehead atoms. The van der Waals surface area contributed by atoms with Gasteiger partial charge in [-0.05, 0) is 62.4 Å². The van der Waals surface area contributed by atoms with Crippen LogP contribution >= 0.6 is 0 Å². The average molecular weight is 486 g/mol. The van der Waals surface area contributed by atoms with Gasteiger partial charge in [0.2, 0.25) is 11.8 Å². The predicted molar refractivity (Wildman–Crippen MR) is 126 cm³/mol. The zero-order chi connectivity index (χ0) is 24.9. The number of anilines is 1. The van der Waals surface area contributed by atoms with E-state index in [1.807, 2.05) is 31.2 Å². The number of benzene rings is 2. The summed E-state index contributed by atoms with van der Waals surface area (Å²) in [4.78, 5) is 39.4. The maximum Gasteiger partial charge on any atom is 0.387 e. The molecule has 1 saturated carbocycles. The molecule has 7 nitrogen and oxygen atoms in total. The van der Waals surface area contributed by atoms with Crippen molar-refractivity contribution in [1.82, 2.24) is 10.2 Å². The number of carbonyl (C=O) groups excluding carboxylic acids is 3. The Morgan fingerprint density at radius 1 is 0.971 bits per heavy atom. The van der Waals surface area contributed by atoms with Crippen molar-refractivity contribution in [2.75, 3.05) is 18.4 Å². The van der Waals surface area contributed by atoms with Gasteiger partial charge in [0.15, 0.2) is 0 Å². The van der Waals surface area contributed by atoms with E-state index in [2.05, 4.69) is 15.4 Å². The standard InChI is InChI=1S/C26H29F2N3O4/c1-16(17-10-12-20(13-11-17)30-23(32)18-8-9-18)29-24(33)19-5-4-14-31(15-19)25(34)21-6-2-3-7-22(21)35-26(27)28/h2-3,6-7,10-13,16,18-19,26H,4-5,8-9,14-15H2,1H3,(H,29,33)(H,30,32). The Morgan fingerprint density at radius 3 is 2.37 bits per heavy atom. The minimum absolute atomic E-state index is 0.0406. The van der Waals surface area contributed by atoms with Gasteiger partial charge < -0.3 is 20.3 Å². The van der Waals surface area contributed by atoms with E-state index >= 15 is 0 Å². The molecule has 9 heteroatoms. The van der Waals surface area contributed by atoms with Gasteiger partial charge in [-0.3, -0.25) is 14.4 Å². The molecular formula is C26H29F2N3O4. The second kappa shape index (κ2) is 10.8. The molecule has 3 amide bonds. The van der Waals surface area contributed by atoms with Crippen LogP contribution in [-0.4, -0.2) is 42.3 Å². The topological polar surface area (TPSA) is 87.7 Å². The van der Waals surface area contributed by atoms with E-state index in [1.54, 1.807) is 6.07 Å². The molecule has 0 aromatic heterocycles. The largest absolute Gasteiger partial charge is 0.434 e. The lowest BCUT2D eigenvalue weighted by molar-refractivity contribution is -0.127. The Hall–Kier alpha value is -3.49. The van der Waals surface area contributed by atoms with Crippen LogP contribution in [0.15, 0.2) is 48.5 Å². The molecule has 2 aromatic rings. The maximum absolute atomic E-state index is 13.0. The molecule has 1 aliphatic carbocycles. The highest BCUT2D eigenvalue weighted by Gasteiger charge is 2.31. The van der Waals surface area contributed by atoms with Crippen molar-refractivity contribution in [1.29, 1.82) is 0 Å². The lowest BCUT2D eigenvalue weighted by atomic mass is 9.95. The number of carbonyl (C=O) groups is 3. The number of halogens is 2. The van der Waals surface area contributed by atoms with Crippen molar-refractivity contribution in [3.8, 4) is 5.75 Å². The first kappa shape index (κ1) is 24.6. The molecule has 1 saturated heterocycles. The van der Waals surface area contributed by atoms with E-state index in [4.69, 9.17) is 0 Å². The first-order chi connectivity index (χ1) is 16.8. The molecule has 2 aromatic carbocycles. The number of para-hydroxylation sites is 1. The van der Waals surface area contributed by atoms with Crippen molar-refractivity contribution in [3.63, 3.8) is 0 Å². The van der Waals surface area contributed by atoms with E-state index in [0.717, 1.165) is 24.1 Å². The van der Waals surface area contributed by atoms with Crippen molar-refractivity contribution in [2.24, 2.45) is 11.8 Å². The van der Waals surface area contributed by atoms with Crippen LogP contribution < -0.4 is 15.4 Å². The van der Waals surface area contributed by atoms with E-state index in [0.29, 0.717) is 19.4 Å². The van der Waals surface area contributed by atoms with Crippen molar-refractivity contribution in [3.05, 3.63) is 59.7 Å². The van der Waals surface area contributed by atoms with Gasteiger partial charge in [-0.15, -0.1) is 0 Å². The summed E-state index contributed by atoms with van der Waals surface area (Å²) in [6.45, 7) is -0.518. The number of ether oxygens (including phenoxy) is 1. The fourth-order valence-electron chi connectivity index (χ4n) is 4.25. The van der Waals surface area contributed by atoms with Crippen LogP contribution in [0.5, 0.6) is 5.75 Å². The van der Waals surface area contributed by atoms with E-state index < -0.39 is 18.4 Å². The average Bonchev–Trinajstić information content (AvgIpc) is 3.70. The molecule has 0 radical (unpaired) electrons. The number of amides is 3. The van der Waals surface area contributed by atoms with Crippen LogP contribution in [0.25, 0.3) is 0 Å². The molecule has 1 aliphatic heterocycles. The summed E-state index contributed by atoms with van der Waals surface area (Å²) >= 11 is 0. The number of nitrogens with one attached hydrogen (secondary N) is 2. The van der Waals surface area contributed by atoms with Crippen LogP contribution in [0.4, 0.5) is 14.5 Å². The molecule has 2 atom stereocenters. The minimum atomic E-state index is -3.03. The first-order valence-corrected chi connectivity index (χ1v) is 11.9. The van der Waals surface area contributed by atoms with Gasteiger partial charge in [-0.25, -0.2) is 0 Å². The number of likely N-dealkylation sites (tertiary alicyclic amines) is 1. The number of hydrogen-bond donors (Lipinski definition) is 2. The van der Waals surface area contributed by atoms with Crippen molar-refractivity contribution >= 4 is 23.4 Å². The van der Waals surface area contributed by atoms with Gasteiger partial charge in [0.05, 0.1) is 17.5 Å². The van der Waals surface area contributed by atoms with Crippen LogP contribution in [0, 0.1) is 11.8 Å². The molecular weight excluding hydrogens is 456 g/mol. The number of alkyl halides is 2. The summed E-state index contributed by atoms with van der Waals surface area (Å²) in [7, 11) is 0. The fraction of sp³-hybridized carbons (Fsp3) is 0.423. The molecule has 186 valence electrons. The molecule has 0 spiro atoms. The summed E-state index contributed by atoms with van der Waals surface area (Å²) < 4.78 is 30.0. The maximum atomic E-state index is 13.0. The molecule has 4 rings (SSSR count). The molecule has 2 N–H and O–H groups in total. The Kier molecular flexibility index (Phi) is 7.63. The van der Waals surface area contributed by atoms with E-state index in [9.17, 15) is 23.2 Å². The molecule has 2 unspecified atom stereocenters. The second-order valence-electron chi connectivity index (χ2n) is 9.08. The second-order valence-corrected chi connectivity index (χ2v) is 9.08. The van der Waals surface area contributed by atoms with Gasteiger partial charge in [-0.2, -0.15) is 8.78 Å². The zero-order valence-corrected chi connectivity index (χ0v) is 19.5. The van der Waals surface area contributed by atoms with Crippen LogP contribution in [-0.2, 0) is 9.59 Å². The highest BCUT2D eigenvalue weighted by atomic mass is 19.3. The number of piperidine rings is 1. The van der Waals surface area contributed by atoms with Gasteiger partial charge in [0.1, 0.15) is 5.75 Å². The van der Waals surface area contributed by atoms with E-state index in [1.165, 1.54) is 23.1 Å². The lowest BCUT2D eigenvalue weighted by Gasteiger charge is -2.33. The van der Waals surface area contributed by atoms with Crippen LogP contribution in [0.2, 0.25) is 0 Å². The molecule has 2 fully saturated rings.